The van der Waals surface area contributed by atoms with Gasteiger partial charge >= 0.3 is 0 Å². The number of rotatable bonds is 4. The zero-order valence-corrected chi connectivity index (χ0v) is 11.6. The van der Waals surface area contributed by atoms with E-state index in [2.05, 4.69) is 15.8 Å². The highest BCUT2D eigenvalue weighted by Gasteiger charge is 2.27. The molecule has 1 aromatic carbocycles. The molecule has 3 rings (SSSR count). The van der Waals surface area contributed by atoms with Crippen LogP contribution < -0.4 is 10.5 Å². The summed E-state index contributed by atoms with van der Waals surface area (Å²) in [5, 5.41) is 0. The molecule has 20 heavy (non-hydrogen) atoms. The Labute approximate surface area is 117 Å². The second-order valence-corrected chi connectivity index (χ2v) is 6.64. The minimum absolute atomic E-state index is 0.138. The van der Waals surface area contributed by atoms with Crippen molar-refractivity contribution in [3.8, 4) is 0 Å². The Morgan fingerprint density at radius 3 is 2.75 bits per heavy atom. The third kappa shape index (κ3) is 2.39. The number of aromatic nitrogens is 1. The van der Waals surface area contributed by atoms with E-state index in [0.29, 0.717) is 12.4 Å². The third-order valence-electron chi connectivity index (χ3n) is 3.55. The fourth-order valence-corrected chi connectivity index (χ4v) is 3.42. The largest absolute Gasteiger partial charge is 0.384 e. The van der Waals surface area contributed by atoms with Gasteiger partial charge in [0.25, 0.3) is 0 Å². The van der Waals surface area contributed by atoms with Gasteiger partial charge in [-0.3, -0.25) is 0 Å². The summed E-state index contributed by atoms with van der Waals surface area (Å²) in [6.07, 6.45) is 2.19. The molecular weight excluding hydrogens is 274 g/mol. The number of nitrogens with zero attached hydrogens (tertiary/aromatic N) is 1. The van der Waals surface area contributed by atoms with E-state index in [1.807, 2.05) is 18.2 Å². The van der Waals surface area contributed by atoms with Crippen LogP contribution >= 0.6 is 0 Å². The van der Waals surface area contributed by atoms with Gasteiger partial charge in [0.15, 0.2) is 0 Å². The molecule has 0 saturated heterocycles. The lowest BCUT2D eigenvalue weighted by Gasteiger charge is -2.30. The van der Waals surface area contributed by atoms with E-state index in [1.165, 1.54) is 29.5 Å². The van der Waals surface area contributed by atoms with Crippen LogP contribution in [0.1, 0.15) is 17.0 Å². The molecule has 0 aliphatic heterocycles. The van der Waals surface area contributed by atoms with E-state index in [-0.39, 0.29) is 10.8 Å². The molecule has 6 heteroatoms. The average Bonchev–Trinajstić information content (AvgIpc) is 2.40. The molecule has 0 fully saturated rings. The van der Waals surface area contributed by atoms with Gasteiger partial charge < -0.3 is 5.73 Å². The van der Waals surface area contributed by atoms with Crippen LogP contribution in [0.5, 0.6) is 0 Å². The molecule has 104 valence electrons. The van der Waals surface area contributed by atoms with Crippen molar-refractivity contribution in [2.75, 3.05) is 12.3 Å². The Bertz CT molecular complexity index is 726. The van der Waals surface area contributed by atoms with E-state index in [1.54, 1.807) is 0 Å². The summed E-state index contributed by atoms with van der Waals surface area (Å²) >= 11 is 0. The van der Waals surface area contributed by atoms with Gasteiger partial charge in [0.2, 0.25) is 10.0 Å². The molecule has 1 aliphatic carbocycles. The lowest BCUT2D eigenvalue weighted by Crippen LogP contribution is -2.33. The lowest BCUT2D eigenvalue weighted by atomic mass is 9.78. The highest BCUT2D eigenvalue weighted by Crippen LogP contribution is 2.34. The van der Waals surface area contributed by atoms with E-state index >= 15 is 0 Å². The first-order valence-corrected chi connectivity index (χ1v) is 7.83. The van der Waals surface area contributed by atoms with E-state index in [4.69, 9.17) is 5.73 Å². The van der Waals surface area contributed by atoms with Crippen LogP contribution in [0.4, 0.5) is 5.82 Å². The average molecular weight is 289 g/mol. The van der Waals surface area contributed by atoms with Crippen molar-refractivity contribution < 1.29 is 8.42 Å². The molecule has 1 atom stereocenters. The molecule has 0 saturated carbocycles. The maximum Gasteiger partial charge on any atom is 0.242 e. The van der Waals surface area contributed by atoms with Gasteiger partial charge in [0, 0.05) is 18.7 Å². The number of nitrogen functional groups attached to an aromatic ring is 1. The van der Waals surface area contributed by atoms with E-state index < -0.39 is 10.0 Å². The Morgan fingerprint density at radius 2 is 2.05 bits per heavy atom. The fourth-order valence-electron chi connectivity index (χ4n) is 2.39. The molecule has 0 bridgehead atoms. The van der Waals surface area contributed by atoms with Crippen molar-refractivity contribution in [3.63, 3.8) is 0 Å². The van der Waals surface area contributed by atoms with Gasteiger partial charge in [-0.15, -0.1) is 0 Å². The summed E-state index contributed by atoms with van der Waals surface area (Å²) in [5.41, 5.74) is 7.97. The quantitative estimate of drug-likeness (QED) is 0.888. The highest BCUT2D eigenvalue weighted by molar-refractivity contribution is 7.89. The summed E-state index contributed by atoms with van der Waals surface area (Å²) in [5.74, 6) is 0.555. The first-order valence-electron chi connectivity index (χ1n) is 6.35. The predicted molar refractivity (Wildman–Crippen MR) is 76.7 cm³/mol. The number of nitrogens with one attached hydrogen (secondary N) is 1. The minimum Gasteiger partial charge on any atom is -0.384 e. The zero-order chi connectivity index (χ0) is 14.2. The lowest BCUT2D eigenvalue weighted by molar-refractivity contribution is 0.552. The van der Waals surface area contributed by atoms with Gasteiger partial charge in [-0.05, 0) is 29.7 Å². The van der Waals surface area contributed by atoms with E-state index in [0.717, 1.165) is 6.42 Å². The molecule has 5 nitrogen and oxygen atoms in total. The summed E-state index contributed by atoms with van der Waals surface area (Å²) < 4.78 is 26.8. The first kappa shape index (κ1) is 13.1. The van der Waals surface area contributed by atoms with Crippen LogP contribution in [0.25, 0.3) is 0 Å². The second-order valence-electron chi connectivity index (χ2n) is 4.87. The van der Waals surface area contributed by atoms with Crippen LogP contribution in [-0.2, 0) is 16.4 Å². The third-order valence-corrected chi connectivity index (χ3v) is 4.96. The summed E-state index contributed by atoms with van der Waals surface area (Å²) in [7, 11) is -3.52. The van der Waals surface area contributed by atoms with Crippen molar-refractivity contribution in [1.29, 1.82) is 0 Å². The number of hydrogen-bond acceptors (Lipinski definition) is 4. The molecule has 0 spiro atoms. The Hall–Kier alpha value is -1.92. The molecule has 1 aromatic heterocycles. The topological polar surface area (TPSA) is 85.1 Å². The smallest absolute Gasteiger partial charge is 0.242 e. The standard InChI is InChI=1S/C14H15N3O2S/c15-14-6-5-12(9-16-14)20(18,19)17-8-11-7-10-3-1-2-4-13(10)11/h1-6,9,11,17H,7-8H2,(H2,15,16). The van der Waals surface area contributed by atoms with Crippen LogP contribution in [-0.4, -0.2) is 19.9 Å². The molecule has 1 aliphatic rings. The highest BCUT2D eigenvalue weighted by atomic mass is 32.2. The van der Waals surface area contributed by atoms with Crippen LogP contribution in [0.2, 0.25) is 0 Å². The Morgan fingerprint density at radius 1 is 1.25 bits per heavy atom. The number of fused-ring (bicyclic) bond motifs is 1. The molecule has 1 heterocycles. The summed E-state index contributed by atoms with van der Waals surface area (Å²) in [6, 6.07) is 11.0. The Kier molecular flexibility index (Phi) is 3.19. The van der Waals surface area contributed by atoms with Gasteiger partial charge in [-0.1, -0.05) is 24.3 Å². The molecule has 2 aromatic rings. The minimum atomic E-state index is -3.52. The number of pyridine rings is 1. The van der Waals surface area contributed by atoms with Crippen molar-refractivity contribution in [1.82, 2.24) is 9.71 Å². The number of benzene rings is 1. The SMILES string of the molecule is Nc1ccc(S(=O)(=O)NCC2Cc3ccccc32)cn1. The number of hydrogen-bond donors (Lipinski definition) is 2. The maximum atomic E-state index is 12.1. The van der Waals surface area contributed by atoms with Crippen molar-refractivity contribution >= 4 is 15.8 Å². The maximum absolute atomic E-state index is 12.1. The number of sulfonamides is 1. The monoisotopic (exact) mass is 289 g/mol. The van der Waals surface area contributed by atoms with Gasteiger partial charge in [0.1, 0.15) is 10.7 Å². The number of nitrogens with two attached hydrogens (primary N) is 1. The molecular formula is C14H15N3O2S. The van der Waals surface area contributed by atoms with Crippen molar-refractivity contribution in [2.24, 2.45) is 0 Å². The molecule has 0 amide bonds. The van der Waals surface area contributed by atoms with Gasteiger partial charge in [-0.25, -0.2) is 18.1 Å². The van der Waals surface area contributed by atoms with Crippen LogP contribution in [0.15, 0.2) is 47.5 Å². The van der Waals surface area contributed by atoms with Gasteiger partial charge in [-0.2, -0.15) is 0 Å². The van der Waals surface area contributed by atoms with Crippen LogP contribution in [0, 0.1) is 0 Å². The van der Waals surface area contributed by atoms with Crippen molar-refractivity contribution in [2.45, 2.75) is 17.2 Å². The second kappa shape index (κ2) is 4.88. The van der Waals surface area contributed by atoms with Gasteiger partial charge in [0.05, 0.1) is 0 Å². The molecule has 0 radical (unpaired) electrons. The summed E-state index contributed by atoms with van der Waals surface area (Å²) in [6.45, 7) is 0.406. The summed E-state index contributed by atoms with van der Waals surface area (Å²) in [4.78, 5) is 3.94. The van der Waals surface area contributed by atoms with Crippen molar-refractivity contribution in [3.05, 3.63) is 53.7 Å². The first-order chi connectivity index (χ1) is 9.56. The number of anilines is 1. The molecule has 1 unspecified atom stereocenters. The predicted octanol–water partition coefficient (Wildman–Crippen LogP) is 1.28. The fraction of sp³-hybridized carbons (Fsp3) is 0.214. The molecule has 3 N–H and O–H groups in total. The normalized spacial score (nSPS) is 17.3. The van der Waals surface area contributed by atoms with Crippen LogP contribution in [0.3, 0.4) is 0 Å². The zero-order valence-electron chi connectivity index (χ0n) is 10.8. The van der Waals surface area contributed by atoms with E-state index in [9.17, 15) is 8.42 Å². The Balaban J connectivity index is 1.68.